The molecule has 0 aliphatic carbocycles. The van der Waals surface area contributed by atoms with Crippen LogP contribution in [0.15, 0.2) is 0 Å². The minimum Gasteiger partial charge on any atom is -0.372 e. The molecule has 1 rings (SSSR count). The zero-order chi connectivity index (χ0) is 8.65. The van der Waals surface area contributed by atoms with E-state index in [9.17, 15) is 0 Å². The Morgan fingerprint density at radius 1 is 1.25 bits per heavy atom. The quantitative estimate of drug-likeness (QED) is 0.347. The van der Waals surface area contributed by atoms with E-state index in [2.05, 4.69) is 18.8 Å². The van der Waals surface area contributed by atoms with Gasteiger partial charge in [0.05, 0.1) is 12.7 Å². The van der Waals surface area contributed by atoms with Gasteiger partial charge in [-0.25, -0.2) is 0 Å². The number of hydrogen-bond donors (Lipinski definition) is 0. The topological polar surface area (TPSA) is 12.5 Å². The highest BCUT2D eigenvalue weighted by Crippen LogP contribution is 2.11. The number of ether oxygens (including phenoxy) is 1. The van der Waals surface area contributed by atoms with Gasteiger partial charge in [-0.2, -0.15) is 0 Å². The van der Waals surface area contributed by atoms with Crippen molar-refractivity contribution in [3.63, 3.8) is 0 Å². The Morgan fingerprint density at radius 2 is 2.08 bits per heavy atom. The third-order valence-electron chi connectivity index (χ3n) is 2.01. The van der Waals surface area contributed by atoms with Crippen LogP contribution in [0.2, 0.25) is 0 Å². The largest absolute Gasteiger partial charge is 0.372 e. The van der Waals surface area contributed by atoms with Gasteiger partial charge in [-0.05, 0) is 6.42 Å². The lowest BCUT2D eigenvalue weighted by Gasteiger charge is -1.91. The Hall–Kier alpha value is -0.480. The van der Waals surface area contributed by atoms with Crippen molar-refractivity contribution in [3.05, 3.63) is 0 Å². The highest BCUT2D eigenvalue weighted by molar-refractivity contribution is 5.01. The van der Waals surface area contributed by atoms with Gasteiger partial charge in [-0.3, -0.25) is 0 Å². The molecule has 68 valence electrons. The SMILES string of the molecule is CCCCCCC#CCC1CO1. The van der Waals surface area contributed by atoms with E-state index in [0.717, 1.165) is 19.4 Å². The lowest BCUT2D eigenvalue weighted by atomic mass is 10.1. The average molecular weight is 166 g/mol. The van der Waals surface area contributed by atoms with Gasteiger partial charge in [0.25, 0.3) is 0 Å². The van der Waals surface area contributed by atoms with Crippen molar-refractivity contribution in [1.29, 1.82) is 0 Å². The molecule has 0 aromatic rings. The van der Waals surface area contributed by atoms with Crippen molar-refractivity contribution in [2.45, 2.75) is 51.6 Å². The van der Waals surface area contributed by atoms with Gasteiger partial charge >= 0.3 is 0 Å². The second-order valence-electron chi connectivity index (χ2n) is 3.32. The first kappa shape index (κ1) is 9.61. The van der Waals surface area contributed by atoms with Crippen LogP contribution in [0.25, 0.3) is 0 Å². The molecule has 1 unspecified atom stereocenters. The van der Waals surface area contributed by atoms with Crippen LogP contribution < -0.4 is 0 Å². The van der Waals surface area contributed by atoms with Gasteiger partial charge in [0, 0.05) is 12.8 Å². The Balaban J connectivity index is 1.81. The Kier molecular flexibility index (Phi) is 4.87. The fraction of sp³-hybridized carbons (Fsp3) is 0.818. The van der Waals surface area contributed by atoms with E-state index < -0.39 is 0 Å². The number of epoxide rings is 1. The van der Waals surface area contributed by atoms with E-state index in [1.54, 1.807) is 0 Å². The van der Waals surface area contributed by atoms with Crippen LogP contribution in [0.1, 0.15) is 45.4 Å². The van der Waals surface area contributed by atoms with Crippen molar-refractivity contribution in [3.8, 4) is 11.8 Å². The van der Waals surface area contributed by atoms with Gasteiger partial charge in [0.2, 0.25) is 0 Å². The van der Waals surface area contributed by atoms with Crippen LogP contribution in [0.5, 0.6) is 0 Å². The van der Waals surface area contributed by atoms with E-state index in [0.29, 0.717) is 6.10 Å². The summed E-state index contributed by atoms with van der Waals surface area (Å²) in [6.07, 6.45) is 7.78. The summed E-state index contributed by atoms with van der Waals surface area (Å²) in [5.74, 6) is 6.33. The van der Waals surface area contributed by atoms with Gasteiger partial charge < -0.3 is 4.74 Å². The standard InChI is InChI=1S/C11H18O/c1-2-3-4-5-6-7-8-9-11-10-12-11/h11H,2-6,9-10H2,1H3. The van der Waals surface area contributed by atoms with Crippen molar-refractivity contribution in [1.82, 2.24) is 0 Å². The molecule has 1 heteroatoms. The molecule has 1 saturated heterocycles. The summed E-state index contributed by atoms with van der Waals surface area (Å²) in [4.78, 5) is 0. The summed E-state index contributed by atoms with van der Waals surface area (Å²) in [6.45, 7) is 3.17. The minimum absolute atomic E-state index is 0.480. The summed E-state index contributed by atoms with van der Waals surface area (Å²) in [6, 6.07) is 0. The Bertz CT molecular complexity index is 160. The predicted octanol–water partition coefficient (Wildman–Crippen LogP) is 2.75. The highest BCUT2D eigenvalue weighted by Gasteiger charge is 2.20. The fourth-order valence-electron chi connectivity index (χ4n) is 1.10. The maximum Gasteiger partial charge on any atom is 0.0918 e. The first-order valence-corrected chi connectivity index (χ1v) is 5.01. The molecule has 1 aliphatic rings. The molecule has 1 heterocycles. The lowest BCUT2D eigenvalue weighted by Crippen LogP contribution is -1.79. The van der Waals surface area contributed by atoms with E-state index in [4.69, 9.17) is 4.74 Å². The number of rotatable bonds is 5. The van der Waals surface area contributed by atoms with Crippen LogP contribution >= 0.6 is 0 Å². The normalized spacial score (nSPS) is 19.9. The van der Waals surface area contributed by atoms with E-state index in [1.807, 2.05) is 0 Å². The van der Waals surface area contributed by atoms with Crippen LogP contribution in [-0.2, 0) is 4.74 Å². The first-order valence-electron chi connectivity index (χ1n) is 5.01. The van der Waals surface area contributed by atoms with Gasteiger partial charge in [-0.15, -0.1) is 11.8 Å². The summed E-state index contributed by atoms with van der Waals surface area (Å²) in [5, 5.41) is 0. The molecule has 1 fully saturated rings. The molecule has 0 aromatic heterocycles. The van der Waals surface area contributed by atoms with Crippen LogP contribution in [0, 0.1) is 11.8 Å². The molecule has 1 nitrogen and oxygen atoms in total. The molecule has 0 saturated carbocycles. The van der Waals surface area contributed by atoms with E-state index in [1.165, 1.54) is 25.7 Å². The maximum atomic E-state index is 5.05. The second kappa shape index (κ2) is 6.08. The molecule has 0 bridgehead atoms. The monoisotopic (exact) mass is 166 g/mol. The molecule has 12 heavy (non-hydrogen) atoms. The summed E-state index contributed by atoms with van der Waals surface area (Å²) >= 11 is 0. The zero-order valence-corrected chi connectivity index (χ0v) is 7.94. The van der Waals surface area contributed by atoms with Gasteiger partial charge in [0.1, 0.15) is 0 Å². The van der Waals surface area contributed by atoms with E-state index >= 15 is 0 Å². The fourth-order valence-corrected chi connectivity index (χ4v) is 1.10. The van der Waals surface area contributed by atoms with Crippen molar-refractivity contribution >= 4 is 0 Å². The highest BCUT2D eigenvalue weighted by atomic mass is 16.6. The van der Waals surface area contributed by atoms with Crippen molar-refractivity contribution < 1.29 is 4.74 Å². The zero-order valence-electron chi connectivity index (χ0n) is 7.94. The van der Waals surface area contributed by atoms with Crippen LogP contribution in [0.4, 0.5) is 0 Å². The molecular weight excluding hydrogens is 148 g/mol. The summed E-state index contributed by atoms with van der Waals surface area (Å²) < 4.78 is 5.05. The average Bonchev–Trinajstić information content (AvgIpc) is 2.87. The number of unbranched alkanes of at least 4 members (excludes halogenated alkanes) is 4. The number of hydrogen-bond acceptors (Lipinski definition) is 1. The molecule has 0 N–H and O–H groups in total. The molecular formula is C11H18O. The predicted molar refractivity (Wildman–Crippen MR) is 50.9 cm³/mol. The third kappa shape index (κ3) is 5.21. The van der Waals surface area contributed by atoms with Crippen LogP contribution in [-0.4, -0.2) is 12.7 Å². The smallest absolute Gasteiger partial charge is 0.0918 e. The second-order valence-corrected chi connectivity index (χ2v) is 3.32. The summed E-state index contributed by atoms with van der Waals surface area (Å²) in [5.41, 5.74) is 0. The molecule has 0 spiro atoms. The first-order chi connectivity index (χ1) is 5.93. The molecule has 0 radical (unpaired) electrons. The minimum atomic E-state index is 0.480. The van der Waals surface area contributed by atoms with Crippen LogP contribution in [0.3, 0.4) is 0 Å². The molecule has 0 aromatic carbocycles. The Labute approximate surface area is 75.5 Å². The van der Waals surface area contributed by atoms with Crippen molar-refractivity contribution in [2.75, 3.05) is 6.61 Å². The molecule has 1 aliphatic heterocycles. The summed E-state index contributed by atoms with van der Waals surface area (Å²) in [7, 11) is 0. The molecule has 0 amide bonds. The third-order valence-corrected chi connectivity index (χ3v) is 2.01. The lowest BCUT2D eigenvalue weighted by molar-refractivity contribution is 0.412. The van der Waals surface area contributed by atoms with Crippen molar-refractivity contribution in [2.24, 2.45) is 0 Å². The Morgan fingerprint density at radius 3 is 2.75 bits per heavy atom. The van der Waals surface area contributed by atoms with E-state index in [-0.39, 0.29) is 0 Å². The maximum absolute atomic E-state index is 5.05. The molecule has 1 atom stereocenters. The van der Waals surface area contributed by atoms with Gasteiger partial charge in [0.15, 0.2) is 0 Å². The van der Waals surface area contributed by atoms with Gasteiger partial charge in [-0.1, -0.05) is 26.2 Å².